The third kappa shape index (κ3) is 4.28. The summed E-state index contributed by atoms with van der Waals surface area (Å²) >= 11 is 0. The van der Waals surface area contributed by atoms with Gasteiger partial charge in [-0.2, -0.15) is 0 Å². The fourth-order valence-electron chi connectivity index (χ4n) is 4.38. The number of carboxylic acid groups (broad SMARTS) is 1. The summed E-state index contributed by atoms with van der Waals surface area (Å²) in [5.41, 5.74) is 5.25. The first kappa shape index (κ1) is 21.5. The van der Waals surface area contributed by atoms with Gasteiger partial charge in [-0.15, -0.1) is 0 Å². The van der Waals surface area contributed by atoms with Gasteiger partial charge in [0.1, 0.15) is 18.9 Å². The number of hydrogen-bond donors (Lipinski definition) is 2. The Kier molecular flexibility index (Phi) is 5.82. The minimum atomic E-state index is -1.20. The number of alkyl carbamates (subject to hydrolysis) is 1. The zero-order valence-electron chi connectivity index (χ0n) is 18.2. The van der Waals surface area contributed by atoms with Crippen LogP contribution in [0.3, 0.4) is 0 Å². The first-order valence-electron chi connectivity index (χ1n) is 10.9. The molecule has 7 heteroatoms. The molecule has 0 aliphatic heterocycles. The Labute approximate surface area is 196 Å². The highest BCUT2D eigenvalue weighted by Crippen LogP contribution is 2.44. The number of aromatic nitrogens is 1. The van der Waals surface area contributed by atoms with Crippen molar-refractivity contribution in [2.75, 3.05) is 6.61 Å². The highest BCUT2D eigenvalue weighted by atomic mass is 16.5. The predicted molar refractivity (Wildman–Crippen MR) is 125 cm³/mol. The molecule has 0 fully saturated rings. The number of carbonyl (C=O) groups excluding carboxylic acids is 1. The molecule has 1 aliphatic carbocycles. The molecule has 0 spiro atoms. The van der Waals surface area contributed by atoms with Gasteiger partial charge in [-0.25, -0.2) is 14.6 Å². The lowest BCUT2D eigenvalue weighted by Crippen LogP contribution is -2.31. The van der Waals surface area contributed by atoms with Crippen molar-refractivity contribution in [2.45, 2.75) is 18.4 Å². The van der Waals surface area contributed by atoms with Crippen molar-refractivity contribution in [1.82, 2.24) is 10.3 Å². The van der Waals surface area contributed by atoms with Crippen molar-refractivity contribution >= 4 is 12.1 Å². The summed E-state index contributed by atoms with van der Waals surface area (Å²) in [6.45, 7) is 0.171. The molecule has 0 unspecified atom stereocenters. The molecule has 0 saturated heterocycles. The number of nitrogens with zero attached hydrogens (tertiary/aromatic N) is 1. The first-order chi connectivity index (χ1) is 16.6. The van der Waals surface area contributed by atoms with E-state index < -0.39 is 18.1 Å². The van der Waals surface area contributed by atoms with Crippen LogP contribution in [0.15, 0.2) is 89.5 Å². The number of rotatable bonds is 7. The third-order valence-corrected chi connectivity index (χ3v) is 5.96. The van der Waals surface area contributed by atoms with Crippen LogP contribution in [0.1, 0.15) is 45.0 Å². The maximum Gasteiger partial charge on any atom is 0.407 e. The minimum Gasteiger partial charge on any atom is -0.476 e. The molecule has 4 aromatic rings. The summed E-state index contributed by atoms with van der Waals surface area (Å²) in [5.74, 6) is -1.16. The van der Waals surface area contributed by atoms with Crippen LogP contribution in [-0.4, -0.2) is 28.8 Å². The second-order valence-electron chi connectivity index (χ2n) is 8.09. The fourth-order valence-corrected chi connectivity index (χ4v) is 4.38. The van der Waals surface area contributed by atoms with Crippen LogP contribution < -0.4 is 5.32 Å². The largest absolute Gasteiger partial charge is 0.476 e. The van der Waals surface area contributed by atoms with E-state index in [1.54, 1.807) is 0 Å². The van der Waals surface area contributed by atoms with Crippen molar-refractivity contribution in [3.8, 4) is 11.1 Å². The van der Waals surface area contributed by atoms with E-state index in [1.165, 1.54) is 0 Å². The van der Waals surface area contributed by atoms with Crippen LogP contribution in [0.5, 0.6) is 0 Å². The molecule has 1 atom stereocenters. The molecule has 34 heavy (non-hydrogen) atoms. The van der Waals surface area contributed by atoms with E-state index in [-0.39, 0.29) is 24.1 Å². The molecule has 5 rings (SSSR count). The zero-order chi connectivity index (χ0) is 23.5. The van der Waals surface area contributed by atoms with Gasteiger partial charge in [-0.1, -0.05) is 78.9 Å². The number of ether oxygens (including phenoxy) is 1. The van der Waals surface area contributed by atoms with E-state index in [0.717, 1.165) is 34.1 Å². The number of aromatic carboxylic acids is 1. The smallest absolute Gasteiger partial charge is 0.407 e. The van der Waals surface area contributed by atoms with Gasteiger partial charge in [0.25, 0.3) is 0 Å². The molecule has 0 bridgehead atoms. The number of carboxylic acids is 1. The monoisotopic (exact) mass is 454 g/mol. The molecule has 1 heterocycles. The molecule has 1 aliphatic rings. The zero-order valence-corrected chi connectivity index (χ0v) is 18.2. The highest BCUT2D eigenvalue weighted by Gasteiger charge is 2.30. The molecule has 7 nitrogen and oxygen atoms in total. The van der Waals surface area contributed by atoms with E-state index in [1.807, 2.05) is 54.6 Å². The number of oxazole rings is 1. The molecule has 1 amide bonds. The summed E-state index contributed by atoms with van der Waals surface area (Å²) in [4.78, 5) is 28.1. The number of hydrogen-bond acceptors (Lipinski definition) is 5. The summed E-state index contributed by atoms with van der Waals surface area (Å²) in [6.07, 6.45) is 0.803. The van der Waals surface area contributed by atoms with Crippen LogP contribution in [0.25, 0.3) is 11.1 Å². The first-order valence-corrected chi connectivity index (χ1v) is 10.9. The number of nitrogens with one attached hydrogen (secondary N) is 1. The third-order valence-electron chi connectivity index (χ3n) is 5.96. The lowest BCUT2D eigenvalue weighted by molar-refractivity contribution is 0.0690. The number of carbonyl (C=O) groups is 2. The van der Waals surface area contributed by atoms with Gasteiger partial charge in [0.15, 0.2) is 5.69 Å². The van der Waals surface area contributed by atoms with Gasteiger partial charge in [0.2, 0.25) is 5.89 Å². The molecule has 1 aromatic heterocycles. The Hall–Kier alpha value is -4.39. The Morgan fingerprint density at radius 1 is 0.941 bits per heavy atom. The normalized spacial score (nSPS) is 13.1. The maximum atomic E-state index is 12.8. The van der Waals surface area contributed by atoms with Crippen LogP contribution in [-0.2, 0) is 11.2 Å². The predicted octanol–water partition coefficient (Wildman–Crippen LogP) is 5.20. The van der Waals surface area contributed by atoms with Crippen LogP contribution in [0.2, 0.25) is 0 Å². The molecular weight excluding hydrogens is 432 g/mol. The highest BCUT2D eigenvalue weighted by molar-refractivity contribution is 5.84. The quantitative estimate of drug-likeness (QED) is 0.398. The summed E-state index contributed by atoms with van der Waals surface area (Å²) in [7, 11) is 0. The Bertz CT molecular complexity index is 1290. The standard InChI is InChI=1S/C27H22N2O5/c30-26(31)24-16-33-25(28-24)23(14-17-8-2-1-3-9-17)29-27(32)34-15-22-20-12-6-4-10-18(20)19-11-5-7-13-21(19)22/h1-13,16,22-23H,14-15H2,(H,29,32)(H,30,31)/t23-/m1/s1. The van der Waals surface area contributed by atoms with Gasteiger partial charge >= 0.3 is 12.1 Å². The second kappa shape index (κ2) is 9.23. The van der Waals surface area contributed by atoms with Gasteiger partial charge in [-0.05, 0) is 27.8 Å². The van der Waals surface area contributed by atoms with E-state index in [9.17, 15) is 14.7 Å². The minimum absolute atomic E-state index is 0.0638. The lowest BCUT2D eigenvalue weighted by Gasteiger charge is -2.18. The van der Waals surface area contributed by atoms with E-state index in [4.69, 9.17) is 9.15 Å². The Balaban J connectivity index is 1.32. The lowest BCUT2D eigenvalue weighted by atomic mass is 9.98. The summed E-state index contributed by atoms with van der Waals surface area (Å²) < 4.78 is 11.0. The molecule has 2 N–H and O–H groups in total. The summed E-state index contributed by atoms with van der Waals surface area (Å²) in [6, 6.07) is 25.0. The van der Waals surface area contributed by atoms with Crippen molar-refractivity contribution in [3.05, 3.63) is 113 Å². The molecule has 0 radical (unpaired) electrons. The molecule has 3 aromatic carbocycles. The van der Waals surface area contributed by atoms with E-state index in [0.29, 0.717) is 6.42 Å². The fraction of sp³-hybridized carbons (Fsp3) is 0.148. The van der Waals surface area contributed by atoms with Crippen molar-refractivity contribution in [3.63, 3.8) is 0 Å². The van der Waals surface area contributed by atoms with E-state index in [2.05, 4.69) is 34.6 Å². The molecule has 0 saturated carbocycles. The topological polar surface area (TPSA) is 102 Å². The average molecular weight is 454 g/mol. The van der Waals surface area contributed by atoms with Gasteiger partial charge < -0.3 is 19.6 Å². The molecular formula is C27H22N2O5. The van der Waals surface area contributed by atoms with Crippen LogP contribution in [0.4, 0.5) is 4.79 Å². The van der Waals surface area contributed by atoms with Gasteiger partial charge in [0.05, 0.1) is 0 Å². The van der Waals surface area contributed by atoms with Crippen molar-refractivity contribution in [1.29, 1.82) is 0 Å². The summed E-state index contributed by atoms with van der Waals surface area (Å²) in [5, 5.41) is 12.0. The van der Waals surface area contributed by atoms with E-state index >= 15 is 0 Å². The SMILES string of the molecule is O=C(N[C@H](Cc1ccccc1)c1nc(C(=O)O)co1)OCC1c2ccccc2-c2ccccc21. The number of fused-ring (bicyclic) bond motifs is 3. The van der Waals surface area contributed by atoms with Gasteiger partial charge in [-0.3, -0.25) is 0 Å². The van der Waals surface area contributed by atoms with Gasteiger partial charge in [0, 0.05) is 12.3 Å². The van der Waals surface area contributed by atoms with Crippen LogP contribution >= 0.6 is 0 Å². The maximum absolute atomic E-state index is 12.8. The Morgan fingerprint density at radius 2 is 1.56 bits per heavy atom. The van der Waals surface area contributed by atoms with Crippen LogP contribution in [0, 0.1) is 0 Å². The number of amides is 1. The van der Waals surface area contributed by atoms with Crippen molar-refractivity contribution in [2.24, 2.45) is 0 Å². The average Bonchev–Trinajstić information content (AvgIpc) is 3.47. The molecule has 170 valence electrons. The number of benzene rings is 3. The second-order valence-corrected chi connectivity index (χ2v) is 8.09. The Morgan fingerprint density at radius 3 is 2.18 bits per heavy atom. The van der Waals surface area contributed by atoms with Crippen molar-refractivity contribution < 1.29 is 23.8 Å².